The van der Waals surface area contributed by atoms with Crippen LogP contribution < -0.4 is 10.1 Å². The van der Waals surface area contributed by atoms with E-state index in [1.54, 1.807) is 31.2 Å². The van der Waals surface area contributed by atoms with Crippen molar-refractivity contribution in [3.05, 3.63) is 78.1 Å². The Labute approximate surface area is 188 Å². The fourth-order valence-corrected chi connectivity index (χ4v) is 3.40. The molecule has 2 amide bonds. The minimum absolute atomic E-state index is 0.0257. The van der Waals surface area contributed by atoms with Gasteiger partial charge in [-0.3, -0.25) is 9.59 Å². The predicted octanol–water partition coefficient (Wildman–Crippen LogP) is 4.69. The van der Waals surface area contributed by atoms with Crippen molar-refractivity contribution in [3.8, 4) is 5.75 Å². The molecule has 3 rings (SSSR count). The standard InChI is InChI=1S/C26H29FN2O3/c1-4-18(2)28-26(31)19(3)29(16-21-11-6-8-14-23(21)27)25(30)17-32-24-15-9-12-20-10-5-7-13-22(20)24/h5-15,18-19H,4,16-17H2,1-3H3,(H,28,31)/t18-,19+/m1/s1. The van der Waals surface area contributed by atoms with E-state index < -0.39 is 17.8 Å². The Balaban J connectivity index is 1.80. The minimum Gasteiger partial charge on any atom is -0.483 e. The Morgan fingerprint density at radius 3 is 2.44 bits per heavy atom. The number of carbonyl (C=O) groups is 2. The van der Waals surface area contributed by atoms with Crippen molar-refractivity contribution in [1.82, 2.24) is 10.2 Å². The maximum absolute atomic E-state index is 14.3. The summed E-state index contributed by atoms with van der Waals surface area (Å²) in [4.78, 5) is 27.3. The van der Waals surface area contributed by atoms with Crippen LogP contribution in [0, 0.1) is 5.82 Å². The third kappa shape index (κ3) is 5.63. The number of nitrogens with one attached hydrogen (secondary N) is 1. The van der Waals surface area contributed by atoms with Gasteiger partial charge in [-0.2, -0.15) is 0 Å². The number of rotatable bonds is 9. The summed E-state index contributed by atoms with van der Waals surface area (Å²) in [6, 6.07) is 18.8. The molecule has 0 heterocycles. The van der Waals surface area contributed by atoms with Crippen LogP contribution in [0.5, 0.6) is 5.75 Å². The Bertz CT molecular complexity index is 1080. The number of carbonyl (C=O) groups excluding carboxylic acids is 2. The van der Waals surface area contributed by atoms with E-state index in [1.807, 2.05) is 50.2 Å². The quantitative estimate of drug-likeness (QED) is 0.529. The monoisotopic (exact) mass is 436 g/mol. The molecular weight excluding hydrogens is 407 g/mol. The van der Waals surface area contributed by atoms with Gasteiger partial charge in [-0.05, 0) is 37.8 Å². The second-order valence-corrected chi connectivity index (χ2v) is 7.87. The van der Waals surface area contributed by atoms with Crippen LogP contribution in [0.25, 0.3) is 10.8 Å². The lowest BCUT2D eigenvalue weighted by atomic mass is 10.1. The zero-order valence-electron chi connectivity index (χ0n) is 18.7. The molecule has 0 saturated carbocycles. The zero-order chi connectivity index (χ0) is 23.1. The van der Waals surface area contributed by atoms with Gasteiger partial charge in [0.05, 0.1) is 0 Å². The summed E-state index contributed by atoms with van der Waals surface area (Å²) in [7, 11) is 0. The summed E-state index contributed by atoms with van der Waals surface area (Å²) in [6.07, 6.45) is 0.768. The van der Waals surface area contributed by atoms with Crippen LogP contribution in [0.2, 0.25) is 0 Å². The molecular formula is C26H29FN2O3. The van der Waals surface area contributed by atoms with E-state index >= 15 is 0 Å². The summed E-state index contributed by atoms with van der Waals surface area (Å²) in [5.74, 6) is -0.518. The van der Waals surface area contributed by atoms with Crippen molar-refractivity contribution in [2.75, 3.05) is 6.61 Å². The normalized spacial score (nSPS) is 12.8. The van der Waals surface area contributed by atoms with Gasteiger partial charge in [-0.15, -0.1) is 0 Å². The molecule has 0 bridgehead atoms. The second-order valence-electron chi connectivity index (χ2n) is 7.87. The molecule has 0 fully saturated rings. The SMILES string of the molecule is CC[C@@H](C)NC(=O)[C@H](C)N(Cc1ccccc1F)C(=O)COc1cccc2ccccc12. The first-order chi connectivity index (χ1) is 15.4. The van der Waals surface area contributed by atoms with Crippen molar-refractivity contribution in [2.24, 2.45) is 0 Å². The topological polar surface area (TPSA) is 58.6 Å². The van der Waals surface area contributed by atoms with Gasteiger partial charge in [0, 0.05) is 23.5 Å². The second kappa shape index (κ2) is 10.8. The van der Waals surface area contributed by atoms with Gasteiger partial charge >= 0.3 is 0 Å². The third-order valence-electron chi connectivity index (χ3n) is 5.57. The Morgan fingerprint density at radius 1 is 1.00 bits per heavy atom. The van der Waals surface area contributed by atoms with E-state index in [2.05, 4.69) is 5.32 Å². The summed E-state index contributed by atoms with van der Waals surface area (Å²) in [5, 5.41) is 4.79. The number of ether oxygens (including phenoxy) is 1. The Hall–Kier alpha value is -3.41. The largest absolute Gasteiger partial charge is 0.483 e. The van der Waals surface area contributed by atoms with E-state index in [0.29, 0.717) is 11.3 Å². The van der Waals surface area contributed by atoms with Crippen LogP contribution in [0.4, 0.5) is 4.39 Å². The average molecular weight is 437 g/mol. The predicted molar refractivity (Wildman–Crippen MR) is 124 cm³/mol. The highest BCUT2D eigenvalue weighted by atomic mass is 19.1. The molecule has 3 aromatic carbocycles. The Kier molecular flexibility index (Phi) is 7.82. The van der Waals surface area contributed by atoms with Gasteiger partial charge in [-0.25, -0.2) is 4.39 Å². The minimum atomic E-state index is -0.785. The van der Waals surface area contributed by atoms with Crippen molar-refractivity contribution >= 4 is 22.6 Å². The smallest absolute Gasteiger partial charge is 0.261 e. The van der Waals surface area contributed by atoms with E-state index in [9.17, 15) is 14.0 Å². The molecule has 1 N–H and O–H groups in total. The van der Waals surface area contributed by atoms with Crippen LogP contribution >= 0.6 is 0 Å². The van der Waals surface area contributed by atoms with Crippen molar-refractivity contribution in [1.29, 1.82) is 0 Å². The first-order valence-electron chi connectivity index (χ1n) is 10.8. The lowest BCUT2D eigenvalue weighted by Gasteiger charge is -2.29. The molecule has 6 heteroatoms. The van der Waals surface area contributed by atoms with Gasteiger partial charge in [0.1, 0.15) is 17.6 Å². The molecule has 0 unspecified atom stereocenters. The maximum atomic E-state index is 14.3. The van der Waals surface area contributed by atoms with Crippen molar-refractivity contribution < 1.29 is 18.7 Å². The highest BCUT2D eigenvalue weighted by Gasteiger charge is 2.28. The summed E-state index contributed by atoms with van der Waals surface area (Å²) in [5.41, 5.74) is 0.342. The number of halogens is 1. The molecule has 0 aliphatic carbocycles. The van der Waals surface area contributed by atoms with Crippen LogP contribution in [-0.2, 0) is 16.1 Å². The summed E-state index contributed by atoms with van der Waals surface area (Å²) in [6.45, 7) is 5.23. The fourth-order valence-electron chi connectivity index (χ4n) is 3.40. The van der Waals surface area contributed by atoms with Crippen LogP contribution in [0.15, 0.2) is 66.7 Å². The van der Waals surface area contributed by atoms with Crippen LogP contribution in [0.1, 0.15) is 32.8 Å². The summed E-state index contributed by atoms with van der Waals surface area (Å²) >= 11 is 0. The molecule has 0 saturated heterocycles. The number of benzene rings is 3. The molecule has 32 heavy (non-hydrogen) atoms. The van der Waals surface area contributed by atoms with E-state index in [0.717, 1.165) is 17.2 Å². The van der Waals surface area contributed by atoms with Crippen LogP contribution in [0.3, 0.4) is 0 Å². The van der Waals surface area contributed by atoms with Gasteiger partial charge in [-0.1, -0.05) is 61.5 Å². The average Bonchev–Trinajstić information content (AvgIpc) is 2.81. The number of amides is 2. The third-order valence-corrected chi connectivity index (χ3v) is 5.57. The molecule has 0 spiro atoms. The first kappa shape index (κ1) is 23.3. The van der Waals surface area contributed by atoms with Crippen molar-refractivity contribution in [2.45, 2.75) is 45.8 Å². The lowest BCUT2D eigenvalue weighted by molar-refractivity contribution is -0.142. The van der Waals surface area contributed by atoms with E-state index in [-0.39, 0.29) is 25.1 Å². The number of hydrogen-bond donors (Lipinski definition) is 1. The summed E-state index contributed by atoms with van der Waals surface area (Å²) < 4.78 is 20.1. The first-order valence-corrected chi connectivity index (χ1v) is 10.8. The van der Waals surface area contributed by atoms with Crippen molar-refractivity contribution in [3.63, 3.8) is 0 Å². The molecule has 3 aromatic rings. The maximum Gasteiger partial charge on any atom is 0.261 e. The molecule has 0 aliphatic rings. The molecule has 5 nitrogen and oxygen atoms in total. The lowest BCUT2D eigenvalue weighted by Crippen LogP contribution is -2.50. The molecule has 0 aliphatic heterocycles. The van der Waals surface area contributed by atoms with Gasteiger partial charge in [0.15, 0.2) is 6.61 Å². The zero-order valence-corrected chi connectivity index (χ0v) is 18.7. The number of fused-ring (bicyclic) bond motifs is 1. The molecule has 0 radical (unpaired) electrons. The molecule has 168 valence electrons. The van der Waals surface area contributed by atoms with Crippen LogP contribution in [-0.4, -0.2) is 35.4 Å². The molecule has 0 aromatic heterocycles. The molecule has 2 atom stereocenters. The van der Waals surface area contributed by atoms with Gasteiger partial charge in [0.2, 0.25) is 5.91 Å². The highest BCUT2D eigenvalue weighted by molar-refractivity contribution is 5.90. The van der Waals surface area contributed by atoms with E-state index in [4.69, 9.17) is 4.74 Å². The number of nitrogens with zero attached hydrogens (tertiary/aromatic N) is 1. The number of hydrogen-bond acceptors (Lipinski definition) is 3. The fraction of sp³-hybridized carbons (Fsp3) is 0.308. The highest BCUT2D eigenvalue weighted by Crippen LogP contribution is 2.25. The Morgan fingerprint density at radius 2 is 1.69 bits per heavy atom. The van der Waals surface area contributed by atoms with Gasteiger partial charge < -0.3 is 15.0 Å². The van der Waals surface area contributed by atoms with Gasteiger partial charge in [0.25, 0.3) is 5.91 Å². The van der Waals surface area contributed by atoms with E-state index in [1.165, 1.54) is 11.0 Å².